The van der Waals surface area contributed by atoms with Gasteiger partial charge >= 0.3 is 0 Å². The molecule has 1 aromatic rings. The van der Waals surface area contributed by atoms with Crippen molar-refractivity contribution in [1.82, 2.24) is 4.90 Å². The molecule has 1 amide bonds. The van der Waals surface area contributed by atoms with Crippen molar-refractivity contribution in [2.75, 3.05) is 13.1 Å². The maximum Gasteiger partial charge on any atom is 0.227 e. The second-order valence-electron chi connectivity index (χ2n) is 7.65. The third-order valence-corrected chi connectivity index (χ3v) is 5.80. The van der Waals surface area contributed by atoms with E-state index in [1.807, 2.05) is 42.2 Å². The Kier molecular flexibility index (Phi) is 8.39. The van der Waals surface area contributed by atoms with Gasteiger partial charge in [-0.05, 0) is 31.2 Å². The first-order chi connectivity index (χ1) is 12.1. The highest BCUT2D eigenvalue weighted by atomic mass is 35.5. The Hall–Kier alpha value is -1.10. The quantitative estimate of drug-likeness (QED) is 0.837. The Morgan fingerprint density at radius 1 is 1.04 bits per heavy atom. The van der Waals surface area contributed by atoms with Crippen molar-refractivity contribution < 1.29 is 9.53 Å². The van der Waals surface area contributed by atoms with Gasteiger partial charge in [0.1, 0.15) is 0 Å². The highest BCUT2D eigenvalue weighted by molar-refractivity contribution is 5.85. The number of hydrogen-bond donors (Lipinski definition) is 1. The van der Waals surface area contributed by atoms with Crippen molar-refractivity contribution in [3.8, 4) is 0 Å². The number of hydrogen-bond acceptors (Lipinski definition) is 3. The lowest BCUT2D eigenvalue weighted by atomic mass is 9.93. The fraction of sp³-hybridized carbons (Fsp3) is 0.667. The summed E-state index contributed by atoms with van der Waals surface area (Å²) in [6, 6.07) is 9.67. The first-order valence-electron chi connectivity index (χ1n) is 9.90. The van der Waals surface area contributed by atoms with Crippen LogP contribution in [-0.4, -0.2) is 36.1 Å². The van der Waals surface area contributed by atoms with Gasteiger partial charge in [0.05, 0.1) is 18.1 Å². The number of halogens is 1. The number of carbonyl (C=O) groups is 1. The molecule has 2 N–H and O–H groups in total. The minimum atomic E-state index is -0.245. The topological polar surface area (TPSA) is 55.6 Å². The summed E-state index contributed by atoms with van der Waals surface area (Å²) >= 11 is 0. The Balaban J connectivity index is 0.00000243. The lowest BCUT2D eigenvalue weighted by Gasteiger charge is -2.36. The van der Waals surface area contributed by atoms with Crippen LogP contribution in [-0.2, 0) is 9.53 Å². The van der Waals surface area contributed by atoms with Crippen LogP contribution in [0.4, 0.5) is 0 Å². The van der Waals surface area contributed by atoms with Gasteiger partial charge in [-0.1, -0.05) is 56.5 Å². The number of nitrogens with two attached hydrogens (primary N) is 1. The molecule has 2 atom stereocenters. The number of rotatable bonds is 5. The maximum absolute atomic E-state index is 12.8. The van der Waals surface area contributed by atoms with Crippen LogP contribution >= 0.6 is 12.4 Å². The minimum Gasteiger partial charge on any atom is -0.375 e. The summed E-state index contributed by atoms with van der Waals surface area (Å²) < 4.78 is 6.27. The van der Waals surface area contributed by atoms with Gasteiger partial charge in [0.15, 0.2) is 0 Å². The monoisotopic (exact) mass is 380 g/mol. The van der Waals surface area contributed by atoms with Gasteiger partial charge in [-0.2, -0.15) is 0 Å². The van der Waals surface area contributed by atoms with Crippen LogP contribution in [0.25, 0.3) is 0 Å². The molecule has 1 saturated heterocycles. The molecule has 4 nitrogen and oxygen atoms in total. The maximum atomic E-state index is 12.8. The largest absolute Gasteiger partial charge is 0.375 e. The molecule has 1 aliphatic carbocycles. The number of ether oxygens (including phenoxy) is 1. The number of benzene rings is 1. The Labute approximate surface area is 163 Å². The first kappa shape index (κ1) is 21.2. The number of piperidine rings is 1. The van der Waals surface area contributed by atoms with E-state index in [-0.39, 0.29) is 30.3 Å². The second kappa shape index (κ2) is 10.3. The summed E-state index contributed by atoms with van der Waals surface area (Å²) in [6.45, 7) is 3.54. The van der Waals surface area contributed by atoms with Gasteiger partial charge in [0.2, 0.25) is 5.91 Å². The Bertz CT molecular complexity index is 540. The zero-order valence-electron chi connectivity index (χ0n) is 15.8. The average molecular weight is 381 g/mol. The smallest absolute Gasteiger partial charge is 0.227 e. The van der Waals surface area contributed by atoms with Crippen molar-refractivity contribution in [3.05, 3.63) is 35.9 Å². The van der Waals surface area contributed by atoms with Crippen LogP contribution in [0.15, 0.2) is 30.3 Å². The van der Waals surface area contributed by atoms with Crippen molar-refractivity contribution in [1.29, 1.82) is 0 Å². The number of nitrogens with zero attached hydrogens (tertiary/aromatic N) is 1. The summed E-state index contributed by atoms with van der Waals surface area (Å²) in [7, 11) is 0. The van der Waals surface area contributed by atoms with Crippen LogP contribution in [0.1, 0.15) is 63.5 Å². The lowest BCUT2D eigenvalue weighted by Crippen LogP contribution is -2.45. The Morgan fingerprint density at radius 2 is 1.62 bits per heavy atom. The third kappa shape index (κ3) is 5.45. The second-order valence-corrected chi connectivity index (χ2v) is 7.65. The molecule has 2 aliphatic rings. The molecule has 146 valence electrons. The molecule has 2 unspecified atom stereocenters. The van der Waals surface area contributed by atoms with Gasteiger partial charge < -0.3 is 15.4 Å². The van der Waals surface area contributed by atoms with E-state index >= 15 is 0 Å². The summed E-state index contributed by atoms with van der Waals surface area (Å²) in [6.07, 6.45) is 9.06. The molecule has 0 radical (unpaired) electrons. The van der Waals surface area contributed by atoms with Crippen molar-refractivity contribution in [2.24, 2.45) is 11.7 Å². The van der Waals surface area contributed by atoms with Crippen LogP contribution in [0, 0.1) is 5.92 Å². The van der Waals surface area contributed by atoms with E-state index in [1.54, 1.807) is 0 Å². The van der Waals surface area contributed by atoms with Gasteiger partial charge in [-0.15, -0.1) is 12.4 Å². The van der Waals surface area contributed by atoms with Crippen molar-refractivity contribution >= 4 is 18.3 Å². The molecule has 26 heavy (non-hydrogen) atoms. The van der Waals surface area contributed by atoms with E-state index in [0.717, 1.165) is 31.5 Å². The SMILES string of the molecule is CC(C(=O)N1CCC(OC2CCCCC2)CC1)C(N)c1ccccc1.Cl. The van der Waals surface area contributed by atoms with Crippen LogP contribution in [0.2, 0.25) is 0 Å². The lowest BCUT2D eigenvalue weighted by molar-refractivity contribution is -0.139. The molecular formula is C21H33ClN2O2. The van der Waals surface area contributed by atoms with Crippen LogP contribution < -0.4 is 5.73 Å². The van der Waals surface area contributed by atoms with E-state index in [1.165, 1.54) is 32.1 Å². The molecule has 1 heterocycles. The highest BCUT2D eigenvalue weighted by Crippen LogP contribution is 2.26. The molecule has 0 bridgehead atoms. The van der Waals surface area contributed by atoms with E-state index < -0.39 is 0 Å². The molecule has 0 aromatic heterocycles. The molecule has 0 spiro atoms. The fourth-order valence-corrected chi connectivity index (χ4v) is 4.09. The predicted molar refractivity (Wildman–Crippen MR) is 107 cm³/mol. The number of carbonyl (C=O) groups excluding carboxylic acids is 1. The van der Waals surface area contributed by atoms with Crippen molar-refractivity contribution in [3.63, 3.8) is 0 Å². The summed E-state index contributed by atoms with van der Waals surface area (Å²) in [5.74, 6) is -0.0225. The summed E-state index contributed by atoms with van der Waals surface area (Å²) in [5.41, 5.74) is 7.35. The number of amides is 1. The van der Waals surface area contributed by atoms with Crippen LogP contribution in [0.3, 0.4) is 0 Å². The van der Waals surface area contributed by atoms with Crippen molar-refractivity contribution in [2.45, 2.75) is 70.1 Å². The van der Waals surface area contributed by atoms with E-state index in [4.69, 9.17) is 10.5 Å². The normalized spacial score (nSPS) is 21.7. The molecule has 3 rings (SSSR count). The van der Waals surface area contributed by atoms with Gasteiger partial charge in [-0.25, -0.2) is 0 Å². The zero-order chi connectivity index (χ0) is 17.6. The zero-order valence-corrected chi connectivity index (χ0v) is 16.6. The Morgan fingerprint density at radius 3 is 2.23 bits per heavy atom. The number of likely N-dealkylation sites (tertiary alicyclic amines) is 1. The fourth-order valence-electron chi connectivity index (χ4n) is 4.09. The van der Waals surface area contributed by atoms with E-state index in [2.05, 4.69) is 0 Å². The average Bonchev–Trinajstić information content (AvgIpc) is 2.68. The van der Waals surface area contributed by atoms with Gasteiger partial charge in [0, 0.05) is 19.1 Å². The minimum absolute atomic E-state index is 0. The van der Waals surface area contributed by atoms with Gasteiger partial charge in [-0.3, -0.25) is 4.79 Å². The summed E-state index contributed by atoms with van der Waals surface area (Å²) in [5, 5.41) is 0. The first-order valence-corrected chi connectivity index (χ1v) is 9.90. The standard InChI is InChI=1S/C21H32N2O2.ClH/c1-16(20(22)17-8-4-2-5-9-17)21(24)23-14-12-19(13-15-23)25-18-10-6-3-7-11-18;/h2,4-5,8-9,16,18-20H,3,6-7,10-15,22H2,1H3;1H. The van der Waals surface area contributed by atoms with E-state index in [9.17, 15) is 4.79 Å². The van der Waals surface area contributed by atoms with Gasteiger partial charge in [0.25, 0.3) is 0 Å². The predicted octanol–water partition coefficient (Wildman–Crippen LogP) is 4.08. The van der Waals surface area contributed by atoms with E-state index in [0.29, 0.717) is 12.2 Å². The molecule has 1 saturated carbocycles. The molecule has 1 aliphatic heterocycles. The van der Waals surface area contributed by atoms with Crippen LogP contribution in [0.5, 0.6) is 0 Å². The third-order valence-electron chi connectivity index (χ3n) is 5.80. The highest BCUT2D eigenvalue weighted by Gasteiger charge is 2.30. The molecule has 2 fully saturated rings. The summed E-state index contributed by atoms with van der Waals surface area (Å²) in [4.78, 5) is 14.8. The molecule has 1 aromatic carbocycles. The molecule has 5 heteroatoms. The molecular weight excluding hydrogens is 348 g/mol.